The second-order valence-corrected chi connectivity index (χ2v) is 7.44. The lowest BCUT2D eigenvalue weighted by atomic mass is 9.70. The number of rotatable bonds is 5. The topological polar surface area (TPSA) is 88.2 Å². The fraction of sp³-hybridized carbons (Fsp3) is 0.444. The van der Waals surface area contributed by atoms with Crippen molar-refractivity contribution < 1.29 is 9.53 Å². The number of ether oxygens (including phenoxy) is 1. The van der Waals surface area contributed by atoms with Crippen LogP contribution in [-0.2, 0) is 11.2 Å². The number of hydrogen-bond acceptors (Lipinski definition) is 4. The van der Waals surface area contributed by atoms with E-state index in [0.29, 0.717) is 22.2 Å². The van der Waals surface area contributed by atoms with Crippen LogP contribution in [0.1, 0.15) is 43.7 Å². The number of halogens is 3. The van der Waals surface area contributed by atoms with Gasteiger partial charge in [-0.05, 0) is 42.5 Å². The first kappa shape index (κ1) is 21.0. The van der Waals surface area contributed by atoms with Crippen LogP contribution >= 0.6 is 35.6 Å². The lowest BCUT2D eigenvalue weighted by molar-refractivity contribution is -0.115. The maximum atomic E-state index is 12.0. The number of ketones is 1. The number of benzene rings is 1. The molecule has 26 heavy (non-hydrogen) atoms. The van der Waals surface area contributed by atoms with Gasteiger partial charge in [0.15, 0.2) is 5.78 Å². The molecule has 0 heterocycles. The minimum atomic E-state index is -0.0396. The highest BCUT2D eigenvalue weighted by molar-refractivity contribution is 6.44. The second kappa shape index (κ2) is 8.17. The van der Waals surface area contributed by atoms with Crippen molar-refractivity contribution in [1.82, 2.24) is 5.43 Å². The van der Waals surface area contributed by atoms with E-state index in [4.69, 9.17) is 39.2 Å². The van der Waals surface area contributed by atoms with E-state index in [2.05, 4.69) is 12.3 Å². The van der Waals surface area contributed by atoms with Crippen LogP contribution in [0.5, 0.6) is 5.75 Å². The van der Waals surface area contributed by atoms with E-state index in [-0.39, 0.29) is 36.0 Å². The molecular weight excluding hydrogens is 397 g/mol. The van der Waals surface area contributed by atoms with Crippen LogP contribution in [0, 0.1) is 10.8 Å². The molecule has 0 radical (unpaired) electrons. The summed E-state index contributed by atoms with van der Waals surface area (Å²) in [5.41, 5.74) is 5.14. The van der Waals surface area contributed by atoms with Crippen molar-refractivity contribution >= 4 is 52.8 Å². The first-order valence-corrected chi connectivity index (χ1v) is 9.10. The Hall–Kier alpha value is -1.27. The predicted molar refractivity (Wildman–Crippen MR) is 108 cm³/mol. The fourth-order valence-corrected chi connectivity index (χ4v) is 4.50. The highest BCUT2D eigenvalue weighted by Gasteiger charge is 2.45. The quantitative estimate of drug-likeness (QED) is 0.287. The van der Waals surface area contributed by atoms with Crippen molar-refractivity contribution in [2.75, 3.05) is 6.61 Å². The van der Waals surface area contributed by atoms with E-state index >= 15 is 0 Å². The Morgan fingerprint density at radius 1 is 1.42 bits per heavy atom. The Morgan fingerprint density at radius 3 is 2.81 bits per heavy atom. The second-order valence-electron chi connectivity index (χ2n) is 6.68. The lowest BCUT2D eigenvalue weighted by Crippen LogP contribution is -2.33. The molecule has 0 saturated carbocycles. The molecule has 0 fully saturated rings. The van der Waals surface area contributed by atoms with Gasteiger partial charge in [-0.3, -0.25) is 10.2 Å². The summed E-state index contributed by atoms with van der Waals surface area (Å²) in [6.45, 7) is 2.13. The zero-order chi connectivity index (χ0) is 18.2. The third-order valence-electron chi connectivity index (χ3n) is 5.05. The molecule has 0 spiro atoms. The van der Waals surface area contributed by atoms with Gasteiger partial charge in [0.2, 0.25) is 0 Å². The standard InChI is InChI=1S/C18H21Cl2N3O2.ClH/c1-2-4-18-5-3-11(24)7-12(18)15-10(8-18)6-13(16(19)17(15)20)25-9-14(21)23-22;/h6-7H,2-5,8-9,22H2,1H3,(H2,21,23);1H/t18-;/m1./s1. The molecule has 0 bridgehead atoms. The van der Waals surface area contributed by atoms with Crippen LogP contribution in [-0.4, -0.2) is 18.2 Å². The normalized spacial score (nSPS) is 20.6. The van der Waals surface area contributed by atoms with Gasteiger partial charge in [0, 0.05) is 17.4 Å². The van der Waals surface area contributed by atoms with Crippen molar-refractivity contribution in [2.24, 2.45) is 11.3 Å². The molecule has 5 nitrogen and oxygen atoms in total. The van der Waals surface area contributed by atoms with Gasteiger partial charge in [0.1, 0.15) is 23.2 Å². The molecule has 1 aromatic rings. The third kappa shape index (κ3) is 3.58. The largest absolute Gasteiger partial charge is 0.484 e. The third-order valence-corrected chi connectivity index (χ3v) is 5.90. The minimum Gasteiger partial charge on any atom is -0.484 e. The van der Waals surface area contributed by atoms with Crippen molar-refractivity contribution in [3.8, 4) is 5.75 Å². The molecule has 3 rings (SSSR count). The minimum absolute atomic E-state index is 0. The zero-order valence-corrected chi connectivity index (χ0v) is 16.8. The van der Waals surface area contributed by atoms with Crippen LogP contribution in [0.2, 0.25) is 10.0 Å². The summed E-state index contributed by atoms with van der Waals surface area (Å²) >= 11 is 13.0. The van der Waals surface area contributed by atoms with Gasteiger partial charge < -0.3 is 10.2 Å². The van der Waals surface area contributed by atoms with Gasteiger partial charge in [-0.15, -0.1) is 12.4 Å². The lowest BCUT2D eigenvalue weighted by Gasteiger charge is -2.33. The van der Waals surface area contributed by atoms with Crippen LogP contribution in [0.4, 0.5) is 0 Å². The van der Waals surface area contributed by atoms with Gasteiger partial charge in [0.05, 0.1) is 5.02 Å². The molecule has 0 unspecified atom stereocenters. The number of fused-ring (bicyclic) bond motifs is 3. The molecule has 0 saturated heterocycles. The van der Waals surface area contributed by atoms with Gasteiger partial charge in [0.25, 0.3) is 0 Å². The Kier molecular flexibility index (Phi) is 6.61. The summed E-state index contributed by atoms with van der Waals surface area (Å²) in [4.78, 5) is 12.0. The van der Waals surface area contributed by atoms with Crippen LogP contribution < -0.4 is 16.0 Å². The van der Waals surface area contributed by atoms with Gasteiger partial charge >= 0.3 is 0 Å². The molecule has 142 valence electrons. The van der Waals surface area contributed by atoms with Crippen molar-refractivity contribution in [1.29, 1.82) is 5.41 Å². The molecule has 1 atom stereocenters. The number of hydrazine groups is 1. The summed E-state index contributed by atoms with van der Waals surface area (Å²) in [5, 5.41) is 8.24. The molecule has 1 aromatic carbocycles. The number of nitrogens with two attached hydrogens (primary N) is 1. The molecular formula is C18H22Cl3N3O2. The average Bonchev–Trinajstić information content (AvgIpc) is 2.90. The summed E-state index contributed by atoms with van der Waals surface area (Å²) in [6, 6.07) is 1.88. The van der Waals surface area contributed by atoms with E-state index in [0.717, 1.165) is 42.4 Å². The summed E-state index contributed by atoms with van der Waals surface area (Å²) in [6.07, 6.45) is 6.04. The summed E-state index contributed by atoms with van der Waals surface area (Å²) in [7, 11) is 0. The van der Waals surface area contributed by atoms with Gasteiger partial charge in [-0.1, -0.05) is 36.5 Å². The smallest absolute Gasteiger partial charge is 0.156 e. The van der Waals surface area contributed by atoms with E-state index in [1.807, 2.05) is 6.07 Å². The molecule has 2 aliphatic rings. The Balaban J connectivity index is 0.00000243. The first-order valence-electron chi connectivity index (χ1n) is 8.35. The van der Waals surface area contributed by atoms with E-state index in [1.54, 1.807) is 6.08 Å². The predicted octanol–water partition coefficient (Wildman–Crippen LogP) is 4.32. The molecule has 4 N–H and O–H groups in total. The molecule has 8 heteroatoms. The maximum Gasteiger partial charge on any atom is 0.156 e. The van der Waals surface area contributed by atoms with E-state index < -0.39 is 0 Å². The van der Waals surface area contributed by atoms with Crippen LogP contribution in [0.15, 0.2) is 12.1 Å². The SMILES string of the molecule is CCC[C@]12CCC(=O)C=C1c1c(cc(OCC(=N)NN)c(Cl)c1Cl)C2.Cl. The van der Waals surface area contributed by atoms with E-state index in [1.165, 1.54) is 0 Å². The van der Waals surface area contributed by atoms with Gasteiger partial charge in [-0.2, -0.15) is 0 Å². The number of allylic oxidation sites excluding steroid dienone is 2. The maximum absolute atomic E-state index is 12.0. The van der Waals surface area contributed by atoms with Crippen molar-refractivity contribution in [3.05, 3.63) is 33.3 Å². The zero-order valence-electron chi connectivity index (χ0n) is 14.5. The number of carbonyl (C=O) groups is 1. The van der Waals surface area contributed by atoms with Crippen molar-refractivity contribution in [2.45, 2.75) is 39.0 Å². The number of carbonyl (C=O) groups excluding carboxylic acids is 1. The molecule has 0 amide bonds. The molecule has 2 aliphatic carbocycles. The molecule has 0 aliphatic heterocycles. The highest BCUT2D eigenvalue weighted by atomic mass is 35.5. The Labute approximate surface area is 169 Å². The Bertz CT molecular complexity index is 779. The van der Waals surface area contributed by atoms with Crippen LogP contribution in [0.3, 0.4) is 0 Å². The number of nitrogens with one attached hydrogen (secondary N) is 2. The van der Waals surface area contributed by atoms with E-state index in [9.17, 15) is 4.79 Å². The first-order chi connectivity index (χ1) is 11.9. The van der Waals surface area contributed by atoms with Crippen molar-refractivity contribution in [3.63, 3.8) is 0 Å². The number of hydrogen-bond donors (Lipinski definition) is 3. The molecule has 0 aromatic heterocycles. The highest BCUT2D eigenvalue weighted by Crippen LogP contribution is 2.58. The summed E-state index contributed by atoms with van der Waals surface area (Å²) in [5.74, 6) is 5.80. The van der Waals surface area contributed by atoms with Crippen LogP contribution in [0.25, 0.3) is 5.57 Å². The number of amidine groups is 1. The fourth-order valence-electron chi connectivity index (χ4n) is 3.98. The monoisotopic (exact) mass is 417 g/mol. The Morgan fingerprint density at radius 2 is 2.15 bits per heavy atom. The average molecular weight is 419 g/mol. The van der Waals surface area contributed by atoms with Gasteiger partial charge in [-0.25, -0.2) is 5.84 Å². The summed E-state index contributed by atoms with van der Waals surface area (Å²) < 4.78 is 5.59.